The Balaban J connectivity index is 1.74. The molecular weight excluding hydrogens is 354 g/mol. The number of rotatable bonds is 5. The molecule has 3 rings (SSSR count). The summed E-state index contributed by atoms with van der Waals surface area (Å²) >= 11 is 0. The molecule has 2 aromatic carbocycles. The standard InChI is InChI=1S/C18H21N3O4S/c1-2-26(24,25)18-6-4-3-5-17(18)20-13-11-19(12-14-20)15-7-9-16(10-8-15)21(22)23/h3-10H,2,11-14H2,1H3. The number of sulfone groups is 1. The zero-order valence-corrected chi connectivity index (χ0v) is 15.4. The highest BCUT2D eigenvalue weighted by Crippen LogP contribution is 2.28. The normalized spacial score (nSPS) is 15.1. The Morgan fingerprint density at radius 2 is 1.54 bits per heavy atom. The fourth-order valence-electron chi connectivity index (χ4n) is 3.13. The van der Waals surface area contributed by atoms with Crippen LogP contribution in [0.5, 0.6) is 0 Å². The van der Waals surface area contributed by atoms with Gasteiger partial charge in [0, 0.05) is 44.0 Å². The van der Waals surface area contributed by atoms with Gasteiger partial charge in [-0.3, -0.25) is 10.1 Å². The summed E-state index contributed by atoms with van der Waals surface area (Å²) in [6.45, 7) is 4.47. The van der Waals surface area contributed by atoms with E-state index >= 15 is 0 Å². The molecule has 1 heterocycles. The largest absolute Gasteiger partial charge is 0.368 e. The lowest BCUT2D eigenvalue weighted by Gasteiger charge is -2.38. The molecule has 0 unspecified atom stereocenters. The number of hydrogen-bond acceptors (Lipinski definition) is 6. The molecule has 0 aliphatic carbocycles. The Morgan fingerprint density at radius 3 is 2.12 bits per heavy atom. The van der Waals surface area contributed by atoms with Crippen LogP contribution < -0.4 is 9.80 Å². The van der Waals surface area contributed by atoms with Gasteiger partial charge in [-0.15, -0.1) is 0 Å². The molecule has 0 saturated carbocycles. The lowest BCUT2D eigenvalue weighted by molar-refractivity contribution is -0.384. The van der Waals surface area contributed by atoms with Crippen LogP contribution in [0.2, 0.25) is 0 Å². The second kappa shape index (κ2) is 7.33. The van der Waals surface area contributed by atoms with Gasteiger partial charge in [-0.05, 0) is 24.3 Å². The molecule has 0 N–H and O–H groups in total. The number of piperazine rings is 1. The minimum Gasteiger partial charge on any atom is -0.368 e. The minimum atomic E-state index is -3.28. The van der Waals surface area contributed by atoms with E-state index in [0.717, 1.165) is 24.5 Å². The third-order valence-corrected chi connectivity index (χ3v) is 6.40. The summed E-state index contributed by atoms with van der Waals surface area (Å²) in [7, 11) is -3.28. The summed E-state index contributed by atoms with van der Waals surface area (Å²) in [5.74, 6) is 0.0762. The third kappa shape index (κ3) is 3.65. The van der Waals surface area contributed by atoms with Gasteiger partial charge >= 0.3 is 0 Å². The molecule has 138 valence electrons. The first-order valence-corrected chi connectivity index (χ1v) is 10.1. The first-order valence-electron chi connectivity index (χ1n) is 8.48. The van der Waals surface area contributed by atoms with Crippen molar-refractivity contribution in [3.63, 3.8) is 0 Å². The van der Waals surface area contributed by atoms with Crippen molar-refractivity contribution in [2.24, 2.45) is 0 Å². The first kappa shape index (κ1) is 18.2. The number of nitrogens with zero attached hydrogens (tertiary/aromatic N) is 3. The molecule has 0 radical (unpaired) electrons. The molecule has 8 heteroatoms. The van der Waals surface area contributed by atoms with Crippen molar-refractivity contribution in [1.29, 1.82) is 0 Å². The lowest BCUT2D eigenvalue weighted by Crippen LogP contribution is -2.46. The maximum atomic E-state index is 12.3. The van der Waals surface area contributed by atoms with E-state index in [0.29, 0.717) is 18.0 Å². The number of hydrogen-bond donors (Lipinski definition) is 0. The van der Waals surface area contributed by atoms with E-state index in [-0.39, 0.29) is 11.4 Å². The van der Waals surface area contributed by atoms with E-state index in [1.165, 1.54) is 12.1 Å². The van der Waals surface area contributed by atoms with Crippen molar-refractivity contribution in [1.82, 2.24) is 0 Å². The fourth-order valence-corrected chi connectivity index (χ4v) is 4.24. The number of anilines is 2. The summed E-state index contributed by atoms with van der Waals surface area (Å²) in [6, 6.07) is 13.6. The van der Waals surface area contributed by atoms with Crippen LogP contribution in [0.4, 0.5) is 17.1 Å². The molecule has 1 aliphatic heterocycles. The number of nitro benzene ring substituents is 1. The van der Waals surface area contributed by atoms with Crippen LogP contribution >= 0.6 is 0 Å². The lowest BCUT2D eigenvalue weighted by atomic mass is 10.2. The van der Waals surface area contributed by atoms with Crippen molar-refractivity contribution >= 4 is 26.9 Å². The van der Waals surface area contributed by atoms with Crippen LogP contribution in [0.15, 0.2) is 53.4 Å². The van der Waals surface area contributed by atoms with Gasteiger partial charge in [0.15, 0.2) is 9.84 Å². The van der Waals surface area contributed by atoms with Crippen molar-refractivity contribution in [2.75, 3.05) is 41.7 Å². The van der Waals surface area contributed by atoms with Gasteiger partial charge in [-0.25, -0.2) is 8.42 Å². The molecule has 1 fully saturated rings. The van der Waals surface area contributed by atoms with E-state index in [4.69, 9.17) is 0 Å². The topological polar surface area (TPSA) is 83.8 Å². The van der Waals surface area contributed by atoms with Gasteiger partial charge < -0.3 is 9.80 Å². The van der Waals surface area contributed by atoms with Gasteiger partial charge in [-0.1, -0.05) is 19.1 Å². The predicted octanol–water partition coefficient (Wildman–Crippen LogP) is 2.72. The Hall–Kier alpha value is -2.61. The maximum absolute atomic E-state index is 12.3. The average molecular weight is 375 g/mol. The molecule has 0 atom stereocenters. The molecular formula is C18H21N3O4S. The zero-order chi connectivity index (χ0) is 18.7. The summed E-state index contributed by atoms with van der Waals surface area (Å²) in [4.78, 5) is 15.0. The summed E-state index contributed by atoms with van der Waals surface area (Å²) < 4.78 is 24.7. The average Bonchev–Trinajstić information content (AvgIpc) is 2.68. The maximum Gasteiger partial charge on any atom is 0.269 e. The minimum absolute atomic E-state index is 0.0751. The quantitative estimate of drug-likeness (QED) is 0.590. The van der Waals surface area contributed by atoms with Crippen LogP contribution in [0.25, 0.3) is 0 Å². The zero-order valence-electron chi connectivity index (χ0n) is 14.5. The predicted molar refractivity (Wildman–Crippen MR) is 102 cm³/mol. The second-order valence-electron chi connectivity index (χ2n) is 6.12. The number of non-ortho nitro benzene ring substituents is 1. The Bertz CT molecular complexity index is 889. The Kier molecular flexibility index (Phi) is 5.13. The second-order valence-corrected chi connectivity index (χ2v) is 8.37. The van der Waals surface area contributed by atoms with Gasteiger partial charge in [0.1, 0.15) is 0 Å². The molecule has 0 spiro atoms. The summed E-state index contributed by atoms with van der Waals surface area (Å²) in [5, 5.41) is 10.8. The smallest absolute Gasteiger partial charge is 0.269 e. The molecule has 7 nitrogen and oxygen atoms in total. The van der Waals surface area contributed by atoms with E-state index in [1.807, 2.05) is 12.1 Å². The van der Waals surface area contributed by atoms with Crippen molar-refractivity contribution < 1.29 is 13.3 Å². The van der Waals surface area contributed by atoms with E-state index in [9.17, 15) is 18.5 Å². The fraction of sp³-hybridized carbons (Fsp3) is 0.333. The highest BCUT2D eigenvalue weighted by molar-refractivity contribution is 7.91. The van der Waals surface area contributed by atoms with Crippen molar-refractivity contribution in [3.05, 3.63) is 58.6 Å². The molecule has 1 saturated heterocycles. The van der Waals surface area contributed by atoms with Crippen LogP contribution in [-0.4, -0.2) is 45.3 Å². The molecule has 2 aromatic rings. The van der Waals surface area contributed by atoms with Crippen LogP contribution in [0.3, 0.4) is 0 Å². The molecule has 1 aliphatic rings. The monoisotopic (exact) mass is 375 g/mol. The van der Waals surface area contributed by atoms with Gasteiger partial charge in [0.2, 0.25) is 0 Å². The third-order valence-electron chi connectivity index (χ3n) is 4.63. The highest BCUT2D eigenvalue weighted by atomic mass is 32.2. The summed E-state index contributed by atoms with van der Waals surface area (Å²) in [6.07, 6.45) is 0. The van der Waals surface area contributed by atoms with E-state index in [1.54, 1.807) is 31.2 Å². The van der Waals surface area contributed by atoms with Crippen LogP contribution in [0, 0.1) is 10.1 Å². The Morgan fingerprint density at radius 1 is 0.962 bits per heavy atom. The molecule has 0 aromatic heterocycles. The van der Waals surface area contributed by atoms with Crippen LogP contribution in [-0.2, 0) is 9.84 Å². The van der Waals surface area contributed by atoms with Gasteiger partial charge in [-0.2, -0.15) is 0 Å². The number of benzene rings is 2. The van der Waals surface area contributed by atoms with Gasteiger partial charge in [0.25, 0.3) is 5.69 Å². The van der Waals surface area contributed by atoms with Crippen molar-refractivity contribution in [2.45, 2.75) is 11.8 Å². The molecule has 0 bridgehead atoms. The summed E-state index contributed by atoms with van der Waals surface area (Å²) in [5.41, 5.74) is 1.76. The number of para-hydroxylation sites is 1. The first-order chi connectivity index (χ1) is 12.4. The van der Waals surface area contributed by atoms with E-state index in [2.05, 4.69) is 9.80 Å². The van der Waals surface area contributed by atoms with Gasteiger partial charge in [0.05, 0.1) is 21.3 Å². The van der Waals surface area contributed by atoms with Crippen molar-refractivity contribution in [3.8, 4) is 0 Å². The molecule has 0 amide bonds. The highest BCUT2D eigenvalue weighted by Gasteiger charge is 2.23. The van der Waals surface area contributed by atoms with Crippen LogP contribution in [0.1, 0.15) is 6.92 Å². The molecule has 26 heavy (non-hydrogen) atoms. The Labute approximate surface area is 152 Å². The van der Waals surface area contributed by atoms with E-state index < -0.39 is 14.8 Å². The number of nitro groups is 1. The SMILES string of the molecule is CCS(=O)(=O)c1ccccc1N1CCN(c2ccc([N+](=O)[O-])cc2)CC1.